The highest BCUT2D eigenvalue weighted by atomic mass is 32.1. The zero-order chi connectivity index (χ0) is 12.8. The van der Waals surface area contributed by atoms with E-state index in [1.54, 1.807) is 0 Å². The zero-order valence-electron chi connectivity index (χ0n) is 10.7. The lowest BCUT2D eigenvalue weighted by Crippen LogP contribution is -2.30. The maximum atomic E-state index is 4.02. The molecule has 0 aliphatic rings. The van der Waals surface area contributed by atoms with E-state index in [0.29, 0.717) is 6.04 Å². The Bertz CT molecular complexity index is 441. The normalized spacial score (nSPS) is 12.8. The van der Waals surface area contributed by atoms with Crippen LogP contribution in [0, 0.1) is 0 Å². The van der Waals surface area contributed by atoms with Crippen LogP contribution in [0.3, 0.4) is 0 Å². The third-order valence-electron chi connectivity index (χ3n) is 2.86. The van der Waals surface area contributed by atoms with Crippen molar-refractivity contribution in [2.75, 3.05) is 20.6 Å². The van der Waals surface area contributed by atoms with E-state index >= 15 is 0 Å². The van der Waals surface area contributed by atoms with Gasteiger partial charge in [-0.1, -0.05) is 34.8 Å². The van der Waals surface area contributed by atoms with E-state index < -0.39 is 0 Å². The number of nitrogens with one attached hydrogen (secondary N) is 1. The predicted octanol–water partition coefficient (Wildman–Crippen LogP) is 1.93. The van der Waals surface area contributed by atoms with E-state index in [9.17, 15) is 0 Å². The van der Waals surface area contributed by atoms with Gasteiger partial charge in [-0.05, 0) is 31.2 Å². The molecule has 1 N–H and O–H groups in total. The molecule has 1 heterocycles. The molecule has 96 valence electrons. The Hall–Kier alpha value is -1.30. The van der Waals surface area contributed by atoms with Crippen molar-refractivity contribution in [3.8, 4) is 0 Å². The van der Waals surface area contributed by atoms with Crippen molar-refractivity contribution in [1.82, 2.24) is 19.8 Å². The number of rotatable bonds is 6. The first-order valence-corrected chi connectivity index (χ1v) is 6.79. The van der Waals surface area contributed by atoms with Gasteiger partial charge in [0, 0.05) is 24.5 Å². The van der Waals surface area contributed by atoms with E-state index in [4.69, 9.17) is 0 Å². The van der Waals surface area contributed by atoms with Crippen LogP contribution in [0.2, 0.25) is 0 Å². The lowest BCUT2D eigenvalue weighted by atomic mass is 10.1. The molecule has 0 saturated heterocycles. The number of hydrogen-bond acceptors (Lipinski definition) is 5. The largest absolute Gasteiger partial charge is 0.309 e. The third-order valence-corrected chi connectivity index (χ3v) is 3.41. The fourth-order valence-electron chi connectivity index (χ4n) is 1.87. The molecular weight excluding hydrogens is 244 g/mol. The minimum absolute atomic E-state index is 0.373. The summed E-state index contributed by atoms with van der Waals surface area (Å²) in [5, 5.41) is 9.43. The Kier molecular flexibility index (Phi) is 4.81. The van der Waals surface area contributed by atoms with Gasteiger partial charge < -0.3 is 10.2 Å². The van der Waals surface area contributed by atoms with Crippen molar-refractivity contribution in [2.24, 2.45) is 0 Å². The summed E-state index contributed by atoms with van der Waals surface area (Å²) < 4.78 is 3.85. The molecule has 4 nitrogen and oxygen atoms in total. The number of nitrogens with zero attached hydrogens (tertiary/aromatic N) is 3. The molecule has 0 spiro atoms. The Balaban J connectivity index is 1.91. The number of benzene rings is 1. The summed E-state index contributed by atoms with van der Waals surface area (Å²) in [6, 6.07) is 10.9. The molecule has 0 radical (unpaired) electrons. The van der Waals surface area contributed by atoms with Crippen molar-refractivity contribution in [3.05, 3.63) is 47.0 Å². The summed E-state index contributed by atoms with van der Waals surface area (Å²) in [5.41, 5.74) is 2.33. The SMILES string of the molecule is CN(C)C(CNCc1csnn1)c1ccccc1. The van der Waals surface area contributed by atoms with Crippen molar-refractivity contribution in [3.63, 3.8) is 0 Å². The fourth-order valence-corrected chi connectivity index (χ4v) is 2.32. The quantitative estimate of drug-likeness (QED) is 0.863. The lowest BCUT2D eigenvalue weighted by Gasteiger charge is -2.25. The Morgan fingerprint density at radius 3 is 2.67 bits per heavy atom. The van der Waals surface area contributed by atoms with Crippen LogP contribution in [-0.2, 0) is 6.54 Å². The molecule has 0 aliphatic heterocycles. The molecule has 1 atom stereocenters. The van der Waals surface area contributed by atoms with E-state index in [-0.39, 0.29) is 0 Å². The molecule has 5 heteroatoms. The van der Waals surface area contributed by atoms with Crippen molar-refractivity contribution in [2.45, 2.75) is 12.6 Å². The molecule has 18 heavy (non-hydrogen) atoms. The fraction of sp³-hybridized carbons (Fsp3) is 0.385. The predicted molar refractivity (Wildman–Crippen MR) is 74.5 cm³/mol. The second-order valence-corrected chi connectivity index (χ2v) is 5.03. The van der Waals surface area contributed by atoms with Crippen molar-refractivity contribution in [1.29, 1.82) is 0 Å². The average molecular weight is 262 g/mol. The summed E-state index contributed by atoms with van der Waals surface area (Å²) in [6.45, 7) is 1.67. The van der Waals surface area contributed by atoms with E-state index in [2.05, 4.69) is 58.2 Å². The van der Waals surface area contributed by atoms with Crippen LogP contribution in [0.5, 0.6) is 0 Å². The molecule has 2 rings (SSSR count). The molecule has 1 aromatic heterocycles. The standard InChI is InChI=1S/C13H18N4S/c1-17(2)13(11-6-4-3-5-7-11)9-14-8-12-10-18-16-15-12/h3-7,10,13-14H,8-9H2,1-2H3. The van der Waals surface area contributed by atoms with Gasteiger partial charge in [-0.3, -0.25) is 0 Å². The van der Waals surface area contributed by atoms with Crippen LogP contribution < -0.4 is 5.32 Å². The molecule has 1 aromatic carbocycles. The van der Waals surface area contributed by atoms with Gasteiger partial charge in [0.1, 0.15) is 0 Å². The lowest BCUT2D eigenvalue weighted by molar-refractivity contribution is 0.288. The minimum Gasteiger partial charge on any atom is -0.309 e. The summed E-state index contributed by atoms with van der Waals surface area (Å²) in [5.74, 6) is 0. The first-order chi connectivity index (χ1) is 8.77. The van der Waals surface area contributed by atoms with Gasteiger partial charge in [0.15, 0.2) is 0 Å². The van der Waals surface area contributed by atoms with Gasteiger partial charge in [-0.25, -0.2) is 0 Å². The molecule has 0 aliphatic carbocycles. The van der Waals surface area contributed by atoms with Crippen LogP contribution in [0.25, 0.3) is 0 Å². The topological polar surface area (TPSA) is 41.0 Å². The summed E-state index contributed by atoms with van der Waals surface area (Å²) in [7, 11) is 4.20. The second kappa shape index (κ2) is 6.58. The van der Waals surface area contributed by atoms with E-state index in [1.807, 2.05) is 11.4 Å². The highest BCUT2D eigenvalue weighted by molar-refractivity contribution is 7.03. The smallest absolute Gasteiger partial charge is 0.0893 e. The van der Waals surface area contributed by atoms with Crippen molar-refractivity contribution >= 4 is 11.5 Å². The Labute approximate surface area is 112 Å². The first-order valence-electron chi connectivity index (χ1n) is 5.95. The summed E-state index contributed by atoms with van der Waals surface area (Å²) >= 11 is 1.39. The molecule has 1 unspecified atom stereocenters. The summed E-state index contributed by atoms with van der Waals surface area (Å²) in [4.78, 5) is 2.22. The van der Waals surface area contributed by atoms with Crippen LogP contribution >= 0.6 is 11.5 Å². The maximum absolute atomic E-state index is 4.02. The molecule has 0 saturated carbocycles. The van der Waals surface area contributed by atoms with Crippen LogP contribution in [0.4, 0.5) is 0 Å². The molecule has 0 bridgehead atoms. The first kappa shape index (κ1) is 13.1. The zero-order valence-corrected chi connectivity index (χ0v) is 11.5. The van der Waals surface area contributed by atoms with Gasteiger partial charge in [-0.2, -0.15) is 0 Å². The van der Waals surface area contributed by atoms with E-state index in [1.165, 1.54) is 17.1 Å². The number of aromatic nitrogens is 2. The van der Waals surface area contributed by atoms with Gasteiger partial charge in [0.2, 0.25) is 0 Å². The molecule has 0 amide bonds. The average Bonchev–Trinajstić information content (AvgIpc) is 2.88. The maximum Gasteiger partial charge on any atom is 0.0893 e. The van der Waals surface area contributed by atoms with Crippen LogP contribution in [0.15, 0.2) is 35.7 Å². The Morgan fingerprint density at radius 1 is 1.28 bits per heavy atom. The van der Waals surface area contributed by atoms with Gasteiger partial charge in [-0.15, -0.1) is 5.10 Å². The number of likely N-dealkylation sites (N-methyl/N-ethyl adjacent to an activating group) is 1. The van der Waals surface area contributed by atoms with Gasteiger partial charge in [0.05, 0.1) is 5.69 Å². The summed E-state index contributed by atoms with van der Waals surface area (Å²) in [6.07, 6.45) is 0. The van der Waals surface area contributed by atoms with Gasteiger partial charge >= 0.3 is 0 Å². The number of hydrogen-bond donors (Lipinski definition) is 1. The monoisotopic (exact) mass is 262 g/mol. The Morgan fingerprint density at radius 2 is 2.06 bits per heavy atom. The molecule has 0 fully saturated rings. The molecular formula is C13H18N4S. The van der Waals surface area contributed by atoms with Crippen LogP contribution in [0.1, 0.15) is 17.3 Å². The van der Waals surface area contributed by atoms with Crippen LogP contribution in [-0.4, -0.2) is 35.1 Å². The molecule has 2 aromatic rings. The van der Waals surface area contributed by atoms with Gasteiger partial charge in [0.25, 0.3) is 0 Å². The van der Waals surface area contributed by atoms with Crippen molar-refractivity contribution < 1.29 is 0 Å². The second-order valence-electron chi connectivity index (χ2n) is 4.42. The minimum atomic E-state index is 0.373. The third kappa shape index (κ3) is 3.60. The van der Waals surface area contributed by atoms with E-state index in [0.717, 1.165) is 18.8 Å². The highest BCUT2D eigenvalue weighted by Gasteiger charge is 2.13. The highest BCUT2D eigenvalue weighted by Crippen LogP contribution is 2.16.